The molecule has 2 N–H and O–H groups in total. The van der Waals surface area contributed by atoms with Gasteiger partial charge in [-0.2, -0.15) is 0 Å². The number of nitrogens with zero attached hydrogens (tertiary/aromatic N) is 3. The lowest BCUT2D eigenvalue weighted by Crippen LogP contribution is -2.28. The molecule has 35 heavy (non-hydrogen) atoms. The summed E-state index contributed by atoms with van der Waals surface area (Å²) in [5, 5.41) is 13.6. The molecule has 1 aliphatic carbocycles. The number of ether oxygens (including phenoxy) is 3. The number of aromatic nitrogens is 3. The summed E-state index contributed by atoms with van der Waals surface area (Å²) >= 11 is 5.96. The van der Waals surface area contributed by atoms with E-state index in [-0.39, 0.29) is 29.9 Å². The first-order valence-corrected chi connectivity index (χ1v) is 11.3. The molecular weight excluding hydrogens is 478 g/mol. The molecule has 0 spiro atoms. The van der Waals surface area contributed by atoms with E-state index in [0.717, 1.165) is 25.7 Å². The molecule has 1 saturated carbocycles. The standard InChI is InChI=1S/C23H24ClN5O6/c1-32-18-11-14(24)5-9-17(18)27-23-29-28-21(35-23)20(30)26-15-6-10-19(25-12-15)34-16-7-3-13(4-8-16)22(31)33-2/h5-6,9-13,16H,3-4,7-8H2,1-2H3,(H,26,30)(H,27,29)/t13-,16-. The monoisotopic (exact) mass is 501 g/mol. The van der Waals surface area contributed by atoms with Crippen LogP contribution >= 0.6 is 11.6 Å². The number of benzene rings is 1. The minimum Gasteiger partial charge on any atom is -0.495 e. The van der Waals surface area contributed by atoms with Crippen molar-refractivity contribution in [2.24, 2.45) is 5.92 Å². The summed E-state index contributed by atoms with van der Waals surface area (Å²) in [6, 6.07) is 8.32. The fourth-order valence-electron chi connectivity index (χ4n) is 3.71. The molecule has 1 aromatic carbocycles. The number of amides is 1. The Morgan fingerprint density at radius 1 is 1.09 bits per heavy atom. The van der Waals surface area contributed by atoms with Crippen molar-refractivity contribution in [3.63, 3.8) is 0 Å². The summed E-state index contributed by atoms with van der Waals surface area (Å²) in [6.45, 7) is 0. The average Bonchev–Trinajstić information content (AvgIpc) is 3.35. The fraction of sp³-hybridized carbons (Fsp3) is 0.348. The third-order valence-electron chi connectivity index (χ3n) is 5.51. The van der Waals surface area contributed by atoms with Crippen LogP contribution in [0.15, 0.2) is 40.9 Å². The van der Waals surface area contributed by atoms with Crippen molar-refractivity contribution in [3.05, 3.63) is 47.4 Å². The van der Waals surface area contributed by atoms with E-state index in [1.54, 1.807) is 30.3 Å². The topological polar surface area (TPSA) is 138 Å². The predicted octanol–water partition coefficient (Wildman–Crippen LogP) is 4.23. The molecule has 184 valence electrons. The number of hydrogen-bond donors (Lipinski definition) is 2. The molecule has 1 aliphatic rings. The van der Waals surface area contributed by atoms with Gasteiger partial charge in [0, 0.05) is 17.2 Å². The van der Waals surface area contributed by atoms with Gasteiger partial charge in [0.25, 0.3) is 0 Å². The second-order valence-electron chi connectivity index (χ2n) is 7.84. The maximum absolute atomic E-state index is 12.5. The number of methoxy groups -OCH3 is 2. The van der Waals surface area contributed by atoms with Gasteiger partial charge in [-0.15, -0.1) is 5.10 Å². The molecule has 2 heterocycles. The number of pyridine rings is 1. The first kappa shape index (κ1) is 24.3. The van der Waals surface area contributed by atoms with Crippen molar-refractivity contribution in [1.29, 1.82) is 0 Å². The van der Waals surface area contributed by atoms with Crippen molar-refractivity contribution in [2.75, 3.05) is 24.9 Å². The highest BCUT2D eigenvalue weighted by Crippen LogP contribution is 2.30. The minimum atomic E-state index is -0.592. The van der Waals surface area contributed by atoms with E-state index >= 15 is 0 Å². The SMILES string of the molecule is COc1cc(Cl)ccc1Nc1nnc(C(=O)Nc2ccc(O[C@H]3CC[C@H](C(=O)OC)CC3)nc2)o1. The van der Waals surface area contributed by atoms with Crippen molar-refractivity contribution in [3.8, 4) is 11.6 Å². The number of rotatable bonds is 8. The zero-order valence-electron chi connectivity index (χ0n) is 19.1. The van der Waals surface area contributed by atoms with Gasteiger partial charge in [0.2, 0.25) is 5.88 Å². The number of nitrogens with one attached hydrogen (secondary N) is 2. The van der Waals surface area contributed by atoms with E-state index in [9.17, 15) is 9.59 Å². The third-order valence-corrected chi connectivity index (χ3v) is 5.75. The maximum atomic E-state index is 12.5. The van der Waals surface area contributed by atoms with Crippen molar-refractivity contribution >= 4 is 40.9 Å². The Kier molecular flexibility index (Phi) is 7.66. The van der Waals surface area contributed by atoms with Crippen LogP contribution in [0.25, 0.3) is 0 Å². The van der Waals surface area contributed by atoms with Gasteiger partial charge in [0.1, 0.15) is 11.9 Å². The van der Waals surface area contributed by atoms with Gasteiger partial charge >= 0.3 is 23.8 Å². The van der Waals surface area contributed by atoms with Crippen LogP contribution in [-0.2, 0) is 9.53 Å². The van der Waals surface area contributed by atoms with E-state index < -0.39 is 5.91 Å². The van der Waals surface area contributed by atoms with E-state index in [1.807, 2.05) is 0 Å². The molecule has 2 aromatic heterocycles. The number of halogens is 1. The molecule has 0 radical (unpaired) electrons. The van der Waals surface area contributed by atoms with Crippen LogP contribution in [0.1, 0.15) is 36.4 Å². The normalized spacial score (nSPS) is 17.3. The first-order valence-electron chi connectivity index (χ1n) is 10.9. The van der Waals surface area contributed by atoms with Gasteiger partial charge in [-0.25, -0.2) is 4.98 Å². The van der Waals surface area contributed by atoms with Crippen LogP contribution < -0.4 is 20.1 Å². The molecule has 0 atom stereocenters. The highest BCUT2D eigenvalue weighted by atomic mass is 35.5. The first-order chi connectivity index (χ1) is 16.9. The fourth-order valence-corrected chi connectivity index (χ4v) is 3.87. The Bertz CT molecular complexity index is 1180. The minimum absolute atomic E-state index is 0.0135. The van der Waals surface area contributed by atoms with E-state index in [4.69, 9.17) is 30.2 Å². The Morgan fingerprint density at radius 3 is 2.57 bits per heavy atom. The summed E-state index contributed by atoms with van der Waals surface area (Å²) in [5.41, 5.74) is 0.981. The van der Waals surface area contributed by atoms with Crippen molar-refractivity contribution in [2.45, 2.75) is 31.8 Å². The van der Waals surface area contributed by atoms with Gasteiger partial charge < -0.3 is 29.3 Å². The Labute approximate surface area is 206 Å². The van der Waals surface area contributed by atoms with Crippen LogP contribution in [0, 0.1) is 5.92 Å². The van der Waals surface area contributed by atoms with Gasteiger partial charge in [-0.1, -0.05) is 16.7 Å². The Hall–Kier alpha value is -3.86. The van der Waals surface area contributed by atoms with Crippen molar-refractivity contribution < 1.29 is 28.2 Å². The molecule has 1 fully saturated rings. The van der Waals surface area contributed by atoms with Gasteiger partial charge in [-0.3, -0.25) is 9.59 Å². The van der Waals surface area contributed by atoms with E-state index in [0.29, 0.717) is 28.0 Å². The predicted molar refractivity (Wildman–Crippen MR) is 126 cm³/mol. The molecule has 4 rings (SSSR count). The molecule has 0 unspecified atom stereocenters. The van der Waals surface area contributed by atoms with Gasteiger partial charge in [0.15, 0.2) is 0 Å². The summed E-state index contributed by atoms with van der Waals surface area (Å²) in [7, 11) is 2.91. The Morgan fingerprint density at radius 2 is 1.89 bits per heavy atom. The summed E-state index contributed by atoms with van der Waals surface area (Å²) in [5.74, 6) is -0.153. The highest BCUT2D eigenvalue weighted by Gasteiger charge is 2.28. The van der Waals surface area contributed by atoms with E-state index in [1.165, 1.54) is 20.4 Å². The van der Waals surface area contributed by atoms with Crippen LogP contribution in [-0.4, -0.2) is 47.4 Å². The zero-order chi connectivity index (χ0) is 24.8. The lowest BCUT2D eigenvalue weighted by molar-refractivity contribution is -0.147. The number of esters is 1. The van der Waals surface area contributed by atoms with Gasteiger partial charge in [0.05, 0.1) is 37.7 Å². The van der Waals surface area contributed by atoms with Crippen molar-refractivity contribution in [1.82, 2.24) is 15.2 Å². The number of hydrogen-bond acceptors (Lipinski definition) is 10. The number of carbonyl (C=O) groups excluding carboxylic acids is 2. The zero-order valence-corrected chi connectivity index (χ0v) is 19.9. The lowest BCUT2D eigenvalue weighted by atomic mass is 9.87. The molecule has 0 saturated heterocycles. The summed E-state index contributed by atoms with van der Waals surface area (Å²) in [6.07, 6.45) is 4.38. The molecule has 11 nitrogen and oxygen atoms in total. The van der Waals surface area contributed by atoms with Gasteiger partial charge in [-0.05, 0) is 43.9 Å². The van der Waals surface area contributed by atoms with Crippen LogP contribution in [0.3, 0.4) is 0 Å². The molecule has 3 aromatic rings. The second-order valence-corrected chi connectivity index (χ2v) is 8.27. The van der Waals surface area contributed by atoms with Crippen LogP contribution in [0.4, 0.5) is 17.4 Å². The number of anilines is 3. The highest BCUT2D eigenvalue weighted by molar-refractivity contribution is 6.30. The second kappa shape index (κ2) is 11.0. The third kappa shape index (κ3) is 6.18. The van der Waals surface area contributed by atoms with E-state index in [2.05, 4.69) is 25.8 Å². The molecule has 0 aliphatic heterocycles. The van der Waals surface area contributed by atoms with Crippen LogP contribution in [0.5, 0.6) is 11.6 Å². The van der Waals surface area contributed by atoms with Crippen LogP contribution in [0.2, 0.25) is 5.02 Å². The number of carbonyl (C=O) groups is 2. The smallest absolute Gasteiger partial charge is 0.320 e. The quantitative estimate of drug-likeness (QED) is 0.431. The molecular formula is C23H24ClN5O6. The molecule has 1 amide bonds. The molecule has 0 bridgehead atoms. The summed E-state index contributed by atoms with van der Waals surface area (Å²) in [4.78, 5) is 28.4. The average molecular weight is 502 g/mol. The lowest BCUT2D eigenvalue weighted by Gasteiger charge is -2.27. The largest absolute Gasteiger partial charge is 0.495 e. The molecule has 12 heteroatoms. The maximum Gasteiger partial charge on any atom is 0.320 e. The summed E-state index contributed by atoms with van der Waals surface area (Å²) < 4.78 is 21.4. The Balaban J connectivity index is 1.30.